The van der Waals surface area contributed by atoms with Crippen LogP contribution in [0.5, 0.6) is 11.5 Å². The molecule has 0 radical (unpaired) electrons. The van der Waals surface area contributed by atoms with Crippen LogP contribution >= 0.6 is 0 Å². The van der Waals surface area contributed by atoms with Gasteiger partial charge in [0.1, 0.15) is 6.04 Å². The van der Waals surface area contributed by atoms with E-state index in [0.717, 1.165) is 24.8 Å². The molecule has 2 amide bonds. The number of carbonyl (C=O) groups excluding carboxylic acids is 2. The van der Waals surface area contributed by atoms with Crippen LogP contribution in [0.1, 0.15) is 51.0 Å². The Labute approximate surface area is 182 Å². The average molecular weight is 430 g/mol. The van der Waals surface area contributed by atoms with E-state index in [1.54, 1.807) is 32.1 Å². The van der Waals surface area contributed by atoms with Gasteiger partial charge in [-0.2, -0.15) is 0 Å². The minimum Gasteiger partial charge on any atom is -0.493 e. The molecule has 1 saturated carbocycles. The molecular weight excluding hydrogens is 398 g/mol. The lowest BCUT2D eigenvalue weighted by atomic mass is 10.0. The summed E-state index contributed by atoms with van der Waals surface area (Å²) in [6.07, 6.45) is 7.89. The number of likely N-dealkylation sites (tertiary alicyclic amines) is 1. The molecule has 1 saturated heterocycles. The third kappa shape index (κ3) is 4.21. The van der Waals surface area contributed by atoms with Crippen molar-refractivity contribution in [2.45, 2.75) is 63.2 Å². The second kappa shape index (κ2) is 8.78. The molecule has 0 bridgehead atoms. The van der Waals surface area contributed by atoms with Crippen molar-refractivity contribution in [3.05, 3.63) is 29.8 Å². The fourth-order valence-corrected chi connectivity index (χ4v) is 4.60. The van der Waals surface area contributed by atoms with Gasteiger partial charge in [0.2, 0.25) is 5.91 Å². The van der Waals surface area contributed by atoms with E-state index in [4.69, 9.17) is 14.3 Å². The Morgan fingerprint density at radius 3 is 2.68 bits per heavy atom. The van der Waals surface area contributed by atoms with Crippen molar-refractivity contribution in [2.75, 3.05) is 20.7 Å². The lowest BCUT2D eigenvalue weighted by molar-refractivity contribution is -0.156. The van der Waals surface area contributed by atoms with Gasteiger partial charge >= 0.3 is 0 Å². The number of nitrogens with one attached hydrogen (secondary N) is 2. The van der Waals surface area contributed by atoms with Gasteiger partial charge in [-0.15, -0.1) is 0 Å². The van der Waals surface area contributed by atoms with Crippen LogP contribution in [0.3, 0.4) is 0 Å². The van der Waals surface area contributed by atoms with Crippen LogP contribution in [0, 0.1) is 0 Å². The summed E-state index contributed by atoms with van der Waals surface area (Å²) < 4.78 is 11.7. The maximum absolute atomic E-state index is 13.3. The maximum Gasteiger partial charge on any atom is 0.262 e. The molecule has 0 aromatic heterocycles. The zero-order valence-electron chi connectivity index (χ0n) is 18.4. The van der Waals surface area contributed by atoms with Gasteiger partial charge in [0.05, 0.1) is 18.9 Å². The number of hydrogen-bond acceptors (Lipinski definition) is 6. The van der Waals surface area contributed by atoms with E-state index in [2.05, 4.69) is 10.8 Å². The lowest BCUT2D eigenvalue weighted by Crippen LogP contribution is -2.52. The second-order valence-electron chi connectivity index (χ2n) is 8.53. The Bertz CT molecular complexity index is 880. The van der Waals surface area contributed by atoms with E-state index in [1.807, 2.05) is 18.2 Å². The normalized spacial score (nSPS) is 25.8. The smallest absolute Gasteiger partial charge is 0.262 e. The predicted molar refractivity (Wildman–Crippen MR) is 115 cm³/mol. The van der Waals surface area contributed by atoms with Crippen molar-refractivity contribution < 1.29 is 23.9 Å². The van der Waals surface area contributed by atoms with Crippen LogP contribution < -0.4 is 20.3 Å². The first-order valence-corrected chi connectivity index (χ1v) is 11.0. The van der Waals surface area contributed by atoms with E-state index >= 15 is 0 Å². The summed E-state index contributed by atoms with van der Waals surface area (Å²) in [5.74, 6) is 0.999. The minimum atomic E-state index is -1.20. The third-order valence-electron chi connectivity index (χ3n) is 6.35. The molecule has 8 heteroatoms. The molecule has 2 aliphatic heterocycles. The monoisotopic (exact) mass is 429 g/mol. The number of rotatable bonds is 6. The Morgan fingerprint density at radius 1 is 1.19 bits per heavy atom. The highest BCUT2D eigenvalue weighted by molar-refractivity contribution is 5.94. The van der Waals surface area contributed by atoms with Gasteiger partial charge in [0.25, 0.3) is 5.91 Å². The summed E-state index contributed by atoms with van der Waals surface area (Å²) in [6.45, 7) is 2.26. The van der Waals surface area contributed by atoms with Crippen LogP contribution in [-0.4, -0.2) is 55.2 Å². The van der Waals surface area contributed by atoms with Gasteiger partial charge in [-0.05, 0) is 69.7 Å². The van der Waals surface area contributed by atoms with Crippen LogP contribution in [0.2, 0.25) is 0 Å². The largest absolute Gasteiger partial charge is 0.493 e. The van der Waals surface area contributed by atoms with Gasteiger partial charge in [-0.3, -0.25) is 19.9 Å². The van der Waals surface area contributed by atoms with E-state index in [1.165, 1.54) is 12.8 Å². The molecular formula is C23H31N3O5. The zero-order chi connectivity index (χ0) is 22.0. The summed E-state index contributed by atoms with van der Waals surface area (Å²) in [5, 5.41) is 2.65. The van der Waals surface area contributed by atoms with Crippen LogP contribution in [0.25, 0.3) is 5.70 Å². The summed E-state index contributed by atoms with van der Waals surface area (Å²) in [5.41, 5.74) is 3.23. The van der Waals surface area contributed by atoms with Crippen LogP contribution in [0.4, 0.5) is 0 Å². The molecule has 0 spiro atoms. The minimum absolute atomic E-state index is 0.145. The van der Waals surface area contributed by atoms with Crippen LogP contribution in [0.15, 0.2) is 24.3 Å². The highest BCUT2D eigenvalue weighted by atomic mass is 16.7. The Balaban J connectivity index is 1.55. The van der Waals surface area contributed by atoms with E-state index in [9.17, 15) is 9.59 Å². The molecule has 2 N–H and O–H groups in total. The van der Waals surface area contributed by atoms with Crippen molar-refractivity contribution in [1.29, 1.82) is 0 Å². The van der Waals surface area contributed by atoms with E-state index in [0.29, 0.717) is 30.2 Å². The van der Waals surface area contributed by atoms with Gasteiger partial charge in [0, 0.05) is 19.2 Å². The Morgan fingerprint density at radius 2 is 1.97 bits per heavy atom. The molecule has 1 aromatic carbocycles. The molecule has 4 rings (SSSR count). The molecule has 3 aliphatic rings. The maximum atomic E-state index is 13.3. The first-order chi connectivity index (χ1) is 14.9. The Hall–Kier alpha value is -2.74. The van der Waals surface area contributed by atoms with Crippen molar-refractivity contribution in [3.8, 4) is 11.5 Å². The van der Waals surface area contributed by atoms with Crippen molar-refractivity contribution in [3.63, 3.8) is 0 Å². The van der Waals surface area contributed by atoms with Gasteiger partial charge in [-0.1, -0.05) is 0 Å². The van der Waals surface area contributed by atoms with Crippen molar-refractivity contribution >= 4 is 17.5 Å². The number of hydrogen-bond donors (Lipinski definition) is 2. The molecule has 2 heterocycles. The number of amides is 2. The summed E-state index contributed by atoms with van der Waals surface area (Å²) in [4.78, 5) is 32.8. The average Bonchev–Trinajstić information content (AvgIpc) is 3.54. The van der Waals surface area contributed by atoms with Gasteiger partial charge in [0.15, 0.2) is 17.1 Å². The second-order valence-corrected chi connectivity index (χ2v) is 8.53. The molecule has 8 nitrogen and oxygen atoms in total. The van der Waals surface area contributed by atoms with Gasteiger partial charge in [-0.25, -0.2) is 0 Å². The number of likely N-dealkylation sites (N-methyl/N-ethyl adjacent to an activating group) is 1. The fourth-order valence-electron chi connectivity index (χ4n) is 4.60. The molecule has 1 aliphatic carbocycles. The quantitative estimate of drug-likeness (QED) is 0.722. The standard InChI is InChI=1S/C23H31N3O5/c1-23(22(28)26-12-6-9-18(26)21(27)24-2)14-17(25-31-23)15-10-11-19(29-3)20(13-15)30-16-7-4-5-8-16/h10-11,13-14,16,18,25H,4-9,12H2,1-3H3,(H,24,27). The summed E-state index contributed by atoms with van der Waals surface area (Å²) in [7, 11) is 3.22. The molecule has 31 heavy (non-hydrogen) atoms. The first-order valence-electron chi connectivity index (χ1n) is 11.0. The number of methoxy groups -OCH3 is 1. The Kier molecular flexibility index (Phi) is 6.09. The molecule has 1 aromatic rings. The summed E-state index contributed by atoms with van der Waals surface area (Å²) >= 11 is 0. The zero-order valence-corrected chi connectivity index (χ0v) is 18.4. The van der Waals surface area contributed by atoms with Crippen molar-refractivity contribution in [2.24, 2.45) is 0 Å². The highest BCUT2D eigenvalue weighted by Crippen LogP contribution is 2.36. The lowest BCUT2D eigenvalue weighted by Gasteiger charge is -2.29. The predicted octanol–water partition coefficient (Wildman–Crippen LogP) is 2.39. The van der Waals surface area contributed by atoms with E-state index < -0.39 is 11.6 Å². The molecule has 2 unspecified atom stereocenters. The third-order valence-corrected chi connectivity index (χ3v) is 6.35. The van der Waals surface area contributed by atoms with Crippen LogP contribution in [-0.2, 0) is 14.4 Å². The number of benzene rings is 1. The number of nitrogens with zero attached hydrogens (tertiary/aromatic N) is 1. The molecule has 168 valence electrons. The number of carbonyl (C=O) groups is 2. The SMILES string of the molecule is CNC(=O)C1CCCN1C(=O)C1(C)C=C(c2ccc(OC)c(OC3CCCC3)c2)NO1. The number of hydroxylamine groups is 1. The highest BCUT2D eigenvalue weighted by Gasteiger charge is 2.45. The van der Waals surface area contributed by atoms with Gasteiger partial charge < -0.3 is 19.7 Å². The fraction of sp³-hybridized carbons (Fsp3) is 0.565. The number of ether oxygens (including phenoxy) is 2. The topological polar surface area (TPSA) is 89.1 Å². The first kappa shape index (κ1) is 21.5. The molecule has 2 atom stereocenters. The van der Waals surface area contributed by atoms with Crippen molar-refractivity contribution in [1.82, 2.24) is 15.7 Å². The summed E-state index contributed by atoms with van der Waals surface area (Å²) in [6, 6.07) is 5.23. The molecule has 2 fully saturated rings. The van der Waals surface area contributed by atoms with E-state index in [-0.39, 0.29) is 17.9 Å².